The first-order valence-electron chi connectivity index (χ1n) is 6.58. The number of hydrogen-bond acceptors (Lipinski definition) is 3. The molecule has 4 nitrogen and oxygen atoms in total. The van der Waals surface area contributed by atoms with Gasteiger partial charge in [0.1, 0.15) is 5.82 Å². The molecule has 2 heterocycles. The number of ether oxygens (including phenoxy) is 1. The summed E-state index contributed by atoms with van der Waals surface area (Å²) in [5, 5.41) is 3.35. The van der Waals surface area contributed by atoms with E-state index in [4.69, 9.17) is 4.74 Å². The Kier molecular flexibility index (Phi) is 4.18. The van der Waals surface area contributed by atoms with Crippen LogP contribution < -0.4 is 5.32 Å². The van der Waals surface area contributed by atoms with E-state index < -0.39 is 0 Å². The summed E-state index contributed by atoms with van der Waals surface area (Å²) in [7, 11) is 0. The molecule has 0 amide bonds. The Balaban J connectivity index is 2.01. The van der Waals surface area contributed by atoms with Crippen molar-refractivity contribution in [3.63, 3.8) is 0 Å². The second kappa shape index (κ2) is 5.65. The minimum atomic E-state index is 0.360. The molecule has 1 aromatic heterocycles. The lowest BCUT2D eigenvalue weighted by Crippen LogP contribution is -2.21. The monoisotopic (exact) mass is 237 g/mol. The normalized spacial score (nSPS) is 24.4. The fourth-order valence-corrected chi connectivity index (χ4v) is 2.38. The van der Waals surface area contributed by atoms with E-state index in [1.807, 2.05) is 6.20 Å². The van der Waals surface area contributed by atoms with Gasteiger partial charge in [-0.3, -0.25) is 0 Å². The Morgan fingerprint density at radius 2 is 2.35 bits per heavy atom. The van der Waals surface area contributed by atoms with Gasteiger partial charge in [0.25, 0.3) is 0 Å². The zero-order valence-corrected chi connectivity index (χ0v) is 11.1. The summed E-state index contributed by atoms with van der Waals surface area (Å²) in [4.78, 5) is 4.40. The van der Waals surface area contributed by atoms with Gasteiger partial charge in [0, 0.05) is 12.7 Å². The topological polar surface area (TPSA) is 39.1 Å². The molecule has 1 aromatic rings. The first kappa shape index (κ1) is 12.6. The van der Waals surface area contributed by atoms with Crippen molar-refractivity contribution < 1.29 is 4.74 Å². The molecule has 2 rings (SSSR count). The van der Waals surface area contributed by atoms with Crippen LogP contribution >= 0.6 is 0 Å². The van der Waals surface area contributed by atoms with Crippen molar-refractivity contribution in [3.05, 3.63) is 17.7 Å². The molecule has 17 heavy (non-hydrogen) atoms. The van der Waals surface area contributed by atoms with E-state index in [0.29, 0.717) is 12.2 Å². The minimum Gasteiger partial charge on any atom is -0.373 e. The smallest absolute Gasteiger partial charge is 0.105 e. The van der Waals surface area contributed by atoms with Crippen LogP contribution in [0.25, 0.3) is 0 Å². The van der Waals surface area contributed by atoms with E-state index >= 15 is 0 Å². The highest BCUT2D eigenvalue weighted by Gasteiger charge is 2.23. The molecule has 0 aromatic carbocycles. The predicted octanol–water partition coefficient (Wildman–Crippen LogP) is 1.87. The lowest BCUT2D eigenvalue weighted by atomic mass is 10.2. The molecular weight excluding hydrogens is 214 g/mol. The van der Waals surface area contributed by atoms with Gasteiger partial charge in [-0.1, -0.05) is 6.92 Å². The van der Waals surface area contributed by atoms with Crippen LogP contribution in [-0.4, -0.2) is 28.3 Å². The summed E-state index contributed by atoms with van der Waals surface area (Å²) in [5.41, 5.74) is 1.26. The van der Waals surface area contributed by atoms with Crippen LogP contribution in [-0.2, 0) is 17.8 Å². The van der Waals surface area contributed by atoms with Gasteiger partial charge in [-0.15, -0.1) is 0 Å². The third-order valence-electron chi connectivity index (χ3n) is 3.40. The SMILES string of the molecule is CCNCc1cnc(C)n1CC1CCC(C)O1. The van der Waals surface area contributed by atoms with Crippen molar-refractivity contribution in [2.45, 2.75) is 58.9 Å². The highest BCUT2D eigenvalue weighted by Crippen LogP contribution is 2.21. The quantitative estimate of drug-likeness (QED) is 0.849. The zero-order chi connectivity index (χ0) is 12.3. The predicted molar refractivity (Wildman–Crippen MR) is 67.9 cm³/mol. The zero-order valence-electron chi connectivity index (χ0n) is 11.1. The van der Waals surface area contributed by atoms with Crippen molar-refractivity contribution in [1.82, 2.24) is 14.9 Å². The van der Waals surface area contributed by atoms with Crippen molar-refractivity contribution in [3.8, 4) is 0 Å². The Hall–Kier alpha value is -0.870. The molecule has 0 bridgehead atoms. The molecule has 96 valence electrons. The van der Waals surface area contributed by atoms with Gasteiger partial charge in [-0.05, 0) is 33.2 Å². The van der Waals surface area contributed by atoms with Crippen LogP contribution in [0.1, 0.15) is 38.2 Å². The van der Waals surface area contributed by atoms with E-state index in [1.54, 1.807) is 0 Å². The van der Waals surface area contributed by atoms with E-state index in [-0.39, 0.29) is 0 Å². The lowest BCUT2D eigenvalue weighted by molar-refractivity contribution is 0.0449. The van der Waals surface area contributed by atoms with Gasteiger partial charge >= 0.3 is 0 Å². The first-order valence-corrected chi connectivity index (χ1v) is 6.58. The minimum absolute atomic E-state index is 0.360. The fraction of sp³-hybridized carbons (Fsp3) is 0.769. The number of hydrogen-bond donors (Lipinski definition) is 1. The van der Waals surface area contributed by atoms with E-state index in [1.165, 1.54) is 18.5 Å². The highest BCUT2D eigenvalue weighted by molar-refractivity contribution is 5.05. The maximum Gasteiger partial charge on any atom is 0.105 e. The van der Waals surface area contributed by atoms with Crippen LogP contribution in [0.15, 0.2) is 6.20 Å². The molecule has 0 saturated carbocycles. The van der Waals surface area contributed by atoms with Gasteiger partial charge in [-0.25, -0.2) is 4.98 Å². The van der Waals surface area contributed by atoms with Gasteiger partial charge in [-0.2, -0.15) is 0 Å². The van der Waals surface area contributed by atoms with Gasteiger partial charge in [0.15, 0.2) is 0 Å². The van der Waals surface area contributed by atoms with Gasteiger partial charge in [0.05, 0.1) is 24.4 Å². The van der Waals surface area contributed by atoms with Crippen molar-refractivity contribution in [1.29, 1.82) is 0 Å². The summed E-state index contributed by atoms with van der Waals surface area (Å²) in [6.07, 6.45) is 5.09. The number of imidazole rings is 1. The molecular formula is C13H23N3O. The summed E-state index contributed by atoms with van der Waals surface area (Å²) < 4.78 is 8.16. The van der Waals surface area contributed by atoms with Crippen LogP contribution in [0.4, 0.5) is 0 Å². The number of nitrogens with one attached hydrogen (secondary N) is 1. The molecule has 0 spiro atoms. The summed E-state index contributed by atoms with van der Waals surface area (Å²) in [6.45, 7) is 9.15. The van der Waals surface area contributed by atoms with Crippen molar-refractivity contribution in [2.24, 2.45) is 0 Å². The Bertz CT molecular complexity index is 362. The van der Waals surface area contributed by atoms with Crippen molar-refractivity contribution >= 4 is 0 Å². The number of aryl methyl sites for hydroxylation is 1. The third-order valence-corrected chi connectivity index (χ3v) is 3.40. The molecule has 1 aliphatic rings. The number of rotatable bonds is 5. The first-order chi connectivity index (χ1) is 8.20. The van der Waals surface area contributed by atoms with Crippen LogP contribution in [0.2, 0.25) is 0 Å². The third kappa shape index (κ3) is 3.07. The second-order valence-electron chi connectivity index (χ2n) is 4.83. The number of aromatic nitrogens is 2. The van der Waals surface area contributed by atoms with Gasteiger partial charge in [0.2, 0.25) is 0 Å². The molecule has 1 saturated heterocycles. The molecule has 1 N–H and O–H groups in total. The number of nitrogens with zero attached hydrogens (tertiary/aromatic N) is 2. The Morgan fingerprint density at radius 1 is 1.53 bits per heavy atom. The van der Waals surface area contributed by atoms with E-state index in [2.05, 4.69) is 35.6 Å². The Morgan fingerprint density at radius 3 is 3.00 bits per heavy atom. The van der Waals surface area contributed by atoms with Crippen LogP contribution in [0, 0.1) is 6.92 Å². The maximum atomic E-state index is 5.88. The summed E-state index contributed by atoms with van der Waals surface area (Å²) in [6, 6.07) is 0. The Labute approximate surface area is 103 Å². The summed E-state index contributed by atoms with van der Waals surface area (Å²) >= 11 is 0. The maximum absolute atomic E-state index is 5.88. The van der Waals surface area contributed by atoms with Crippen LogP contribution in [0.5, 0.6) is 0 Å². The molecule has 1 aliphatic heterocycles. The average molecular weight is 237 g/mol. The molecule has 1 fully saturated rings. The van der Waals surface area contributed by atoms with E-state index in [9.17, 15) is 0 Å². The largest absolute Gasteiger partial charge is 0.373 e. The molecule has 2 atom stereocenters. The van der Waals surface area contributed by atoms with E-state index in [0.717, 1.165) is 25.5 Å². The summed E-state index contributed by atoms with van der Waals surface area (Å²) in [5.74, 6) is 1.08. The van der Waals surface area contributed by atoms with Gasteiger partial charge < -0.3 is 14.6 Å². The fourth-order valence-electron chi connectivity index (χ4n) is 2.38. The molecule has 4 heteroatoms. The lowest BCUT2D eigenvalue weighted by Gasteiger charge is -2.16. The second-order valence-corrected chi connectivity index (χ2v) is 4.83. The molecule has 0 radical (unpaired) electrons. The highest BCUT2D eigenvalue weighted by atomic mass is 16.5. The molecule has 0 aliphatic carbocycles. The van der Waals surface area contributed by atoms with Crippen LogP contribution in [0.3, 0.4) is 0 Å². The molecule has 2 unspecified atom stereocenters. The standard InChI is InChI=1S/C13H23N3O/c1-4-14-7-12-8-15-11(3)16(12)9-13-6-5-10(2)17-13/h8,10,13-14H,4-7,9H2,1-3H3. The average Bonchev–Trinajstić information content (AvgIpc) is 2.86. The van der Waals surface area contributed by atoms with Crippen molar-refractivity contribution in [2.75, 3.05) is 6.54 Å².